The average molecular weight is 255 g/mol. The van der Waals surface area contributed by atoms with Crippen molar-refractivity contribution in [1.29, 1.82) is 5.26 Å². The molecule has 4 nitrogen and oxygen atoms in total. The van der Waals surface area contributed by atoms with Gasteiger partial charge < -0.3 is 9.72 Å². The summed E-state index contributed by atoms with van der Waals surface area (Å²) in [6, 6.07) is 8.18. The van der Waals surface area contributed by atoms with Gasteiger partial charge in [0, 0.05) is 5.56 Å². The third kappa shape index (κ3) is 2.45. The normalized spacial score (nSPS) is 11.1. The van der Waals surface area contributed by atoms with E-state index in [1.807, 2.05) is 39.0 Å². The molecule has 0 amide bonds. The number of aromatic nitrogens is 2. The van der Waals surface area contributed by atoms with Gasteiger partial charge in [0.2, 0.25) is 0 Å². The molecule has 0 fully saturated rings. The maximum atomic E-state index is 9.11. The molecule has 0 bridgehead atoms. The number of methoxy groups -OCH3 is 1. The number of ether oxygens (including phenoxy) is 1. The van der Waals surface area contributed by atoms with Crippen molar-refractivity contribution in [2.45, 2.75) is 26.2 Å². The van der Waals surface area contributed by atoms with Gasteiger partial charge in [-0.1, -0.05) is 0 Å². The van der Waals surface area contributed by atoms with Crippen LogP contribution < -0.4 is 4.74 Å². The number of nitriles is 1. The summed E-state index contributed by atoms with van der Waals surface area (Å²) in [7, 11) is 1.66. The van der Waals surface area contributed by atoms with Crippen molar-refractivity contribution in [3.05, 3.63) is 35.8 Å². The molecule has 1 aromatic carbocycles. The van der Waals surface area contributed by atoms with Gasteiger partial charge in [-0.25, -0.2) is 4.98 Å². The highest BCUT2D eigenvalue weighted by Crippen LogP contribution is 2.27. The number of H-pyrrole nitrogens is 1. The molecule has 1 N–H and O–H groups in total. The number of hydrogen-bond donors (Lipinski definition) is 1. The van der Waals surface area contributed by atoms with Crippen LogP contribution >= 0.6 is 0 Å². The zero-order chi connectivity index (χ0) is 14.0. The summed E-state index contributed by atoms with van der Waals surface area (Å²) < 4.78 is 5.24. The van der Waals surface area contributed by atoms with Gasteiger partial charge in [0.1, 0.15) is 17.0 Å². The van der Waals surface area contributed by atoms with Crippen LogP contribution in [0.1, 0.15) is 25.2 Å². The third-order valence-corrected chi connectivity index (χ3v) is 3.15. The molecule has 2 aromatic rings. The molecule has 0 atom stereocenters. The van der Waals surface area contributed by atoms with Crippen LogP contribution in [0.3, 0.4) is 0 Å². The summed E-state index contributed by atoms with van der Waals surface area (Å²) in [5, 5.41) is 9.11. The van der Waals surface area contributed by atoms with E-state index in [0.29, 0.717) is 5.82 Å². The van der Waals surface area contributed by atoms with Crippen molar-refractivity contribution in [2.24, 2.45) is 0 Å². The van der Waals surface area contributed by atoms with Crippen LogP contribution in [-0.2, 0) is 5.41 Å². The number of hydrogen-bond acceptors (Lipinski definition) is 3. The highest BCUT2D eigenvalue weighted by atomic mass is 16.5. The first-order valence-corrected chi connectivity index (χ1v) is 6.09. The lowest BCUT2D eigenvalue weighted by molar-refractivity contribution is 0.412. The van der Waals surface area contributed by atoms with Gasteiger partial charge in [0.05, 0.1) is 25.1 Å². The Morgan fingerprint density at radius 3 is 2.68 bits per heavy atom. The van der Waals surface area contributed by atoms with E-state index in [2.05, 4.69) is 16.0 Å². The number of imidazole rings is 1. The van der Waals surface area contributed by atoms with Crippen LogP contribution in [0.25, 0.3) is 11.3 Å². The lowest BCUT2D eigenvalue weighted by Crippen LogP contribution is -2.15. The molecule has 1 aromatic heterocycles. The van der Waals surface area contributed by atoms with Gasteiger partial charge in [0.15, 0.2) is 0 Å². The van der Waals surface area contributed by atoms with Crippen LogP contribution in [0.4, 0.5) is 0 Å². The minimum absolute atomic E-state index is 0.611. The Bertz CT molecular complexity index is 635. The second-order valence-corrected chi connectivity index (χ2v) is 5.07. The van der Waals surface area contributed by atoms with E-state index < -0.39 is 5.41 Å². The monoisotopic (exact) mass is 255 g/mol. The second kappa shape index (κ2) is 4.77. The van der Waals surface area contributed by atoms with Crippen molar-refractivity contribution >= 4 is 0 Å². The molecule has 1 heterocycles. The van der Waals surface area contributed by atoms with Gasteiger partial charge in [-0.3, -0.25) is 0 Å². The maximum Gasteiger partial charge on any atom is 0.126 e. The Balaban J connectivity index is 2.39. The first kappa shape index (κ1) is 13.2. The molecule has 0 aliphatic carbocycles. The number of aromatic amines is 1. The zero-order valence-electron chi connectivity index (χ0n) is 11.6. The van der Waals surface area contributed by atoms with E-state index in [4.69, 9.17) is 10.00 Å². The highest BCUT2D eigenvalue weighted by Gasteiger charge is 2.23. The predicted octanol–water partition coefficient (Wildman–Crippen LogP) is 3.19. The molecule has 2 rings (SSSR count). The van der Waals surface area contributed by atoms with Gasteiger partial charge in [-0.2, -0.15) is 5.26 Å². The molecule has 0 saturated carbocycles. The van der Waals surface area contributed by atoms with Gasteiger partial charge in [-0.15, -0.1) is 0 Å². The topological polar surface area (TPSA) is 61.7 Å². The van der Waals surface area contributed by atoms with E-state index in [0.717, 1.165) is 22.6 Å². The first-order valence-electron chi connectivity index (χ1n) is 6.09. The van der Waals surface area contributed by atoms with Crippen LogP contribution in [0, 0.1) is 18.3 Å². The van der Waals surface area contributed by atoms with Gasteiger partial charge in [0.25, 0.3) is 0 Å². The van der Waals surface area contributed by atoms with E-state index in [1.54, 1.807) is 13.3 Å². The van der Waals surface area contributed by atoms with Crippen molar-refractivity contribution < 1.29 is 4.74 Å². The summed E-state index contributed by atoms with van der Waals surface area (Å²) >= 11 is 0. The number of nitrogens with zero attached hydrogens (tertiary/aromatic N) is 2. The summed E-state index contributed by atoms with van der Waals surface area (Å²) in [5.74, 6) is 1.54. The van der Waals surface area contributed by atoms with Crippen molar-refractivity contribution in [3.63, 3.8) is 0 Å². The van der Waals surface area contributed by atoms with E-state index in [1.165, 1.54) is 0 Å². The molecule has 19 heavy (non-hydrogen) atoms. The summed E-state index contributed by atoms with van der Waals surface area (Å²) in [6.45, 7) is 5.68. The van der Waals surface area contributed by atoms with E-state index in [9.17, 15) is 0 Å². The molecule has 0 aliphatic rings. The molecule has 4 heteroatoms. The molecule has 0 saturated heterocycles. The number of nitrogens with one attached hydrogen (secondary N) is 1. The van der Waals surface area contributed by atoms with E-state index in [-0.39, 0.29) is 0 Å². The molecular weight excluding hydrogens is 238 g/mol. The smallest absolute Gasteiger partial charge is 0.126 e. The molecule has 0 unspecified atom stereocenters. The fourth-order valence-corrected chi connectivity index (χ4v) is 1.88. The maximum absolute atomic E-state index is 9.11. The zero-order valence-corrected chi connectivity index (χ0v) is 11.6. The van der Waals surface area contributed by atoms with Crippen molar-refractivity contribution in [2.75, 3.05) is 7.11 Å². The minimum atomic E-state index is -0.611. The van der Waals surface area contributed by atoms with Crippen LogP contribution in [0.2, 0.25) is 0 Å². The van der Waals surface area contributed by atoms with Crippen molar-refractivity contribution in [1.82, 2.24) is 9.97 Å². The lowest BCUT2D eigenvalue weighted by atomic mass is 9.95. The fraction of sp³-hybridized carbons (Fsp3) is 0.333. The Labute approximate surface area is 113 Å². The summed E-state index contributed by atoms with van der Waals surface area (Å²) in [4.78, 5) is 7.51. The number of aryl methyl sites for hydroxylation is 1. The minimum Gasteiger partial charge on any atom is -0.496 e. The van der Waals surface area contributed by atoms with E-state index >= 15 is 0 Å². The Morgan fingerprint density at radius 1 is 1.37 bits per heavy atom. The summed E-state index contributed by atoms with van der Waals surface area (Å²) in [6.07, 6.45) is 1.76. The number of benzene rings is 1. The molecular formula is C15H17N3O. The predicted molar refractivity (Wildman–Crippen MR) is 74.0 cm³/mol. The van der Waals surface area contributed by atoms with Gasteiger partial charge >= 0.3 is 0 Å². The lowest BCUT2D eigenvalue weighted by Gasteiger charge is -2.11. The Hall–Kier alpha value is -2.28. The molecule has 98 valence electrons. The largest absolute Gasteiger partial charge is 0.496 e. The first-order chi connectivity index (χ1) is 8.97. The molecule has 0 spiro atoms. The SMILES string of the molecule is COc1ccc(-c2cnc(C(C)(C)C#N)[nH]2)cc1C. The standard InChI is InChI=1S/C15H17N3O/c1-10-7-11(5-6-13(10)19-4)12-8-17-14(18-12)15(2,3)9-16/h5-8H,1-4H3,(H,17,18). The quantitative estimate of drug-likeness (QED) is 0.916. The molecule has 0 radical (unpaired) electrons. The van der Waals surface area contributed by atoms with Crippen LogP contribution in [0.5, 0.6) is 5.75 Å². The Morgan fingerprint density at radius 2 is 2.11 bits per heavy atom. The Kier molecular flexibility index (Phi) is 3.30. The summed E-state index contributed by atoms with van der Waals surface area (Å²) in [5.41, 5.74) is 2.39. The van der Waals surface area contributed by atoms with Gasteiger partial charge in [-0.05, 0) is 44.5 Å². The average Bonchev–Trinajstić information content (AvgIpc) is 2.89. The van der Waals surface area contributed by atoms with Crippen molar-refractivity contribution in [3.8, 4) is 23.1 Å². The van der Waals surface area contributed by atoms with Crippen LogP contribution in [0.15, 0.2) is 24.4 Å². The fourth-order valence-electron chi connectivity index (χ4n) is 1.88. The molecule has 0 aliphatic heterocycles. The number of rotatable bonds is 3. The second-order valence-electron chi connectivity index (χ2n) is 5.07. The highest BCUT2D eigenvalue weighted by molar-refractivity contribution is 5.61. The third-order valence-electron chi connectivity index (χ3n) is 3.15. The van der Waals surface area contributed by atoms with Crippen LogP contribution in [-0.4, -0.2) is 17.1 Å².